The summed E-state index contributed by atoms with van der Waals surface area (Å²) in [6, 6.07) is 4.85. The number of hydrogen-bond acceptors (Lipinski definition) is 2. The molecule has 1 aliphatic rings. The Bertz CT molecular complexity index is 326. The first-order valence-electron chi connectivity index (χ1n) is 6.15. The molecular formula is C13H22N2O. The lowest BCUT2D eigenvalue weighted by atomic mass is 9.93. The molecule has 0 aliphatic heterocycles. The van der Waals surface area contributed by atoms with E-state index in [2.05, 4.69) is 36.1 Å². The van der Waals surface area contributed by atoms with Crippen LogP contribution in [-0.4, -0.2) is 23.9 Å². The summed E-state index contributed by atoms with van der Waals surface area (Å²) in [6.07, 6.45) is 5.26. The van der Waals surface area contributed by atoms with Crippen LogP contribution in [0.1, 0.15) is 37.1 Å². The molecule has 0 aromatic carbocycles. The lowest BCUT2D eigenvalue weighted by molar-refractivity contribution is 0.0653. The largest absolute Gasteiger partial charge is 0.381 e. The first-order chi connectivity index (χ1) is 7.70. The number of nitrogens with zero attached hydrogens (tertiary/aromatic N) is 1. The molecule has 1 aromatic rings. The van der Waals surface area contributed by atoms with Crippen molar-refractivity contribution in [2.24, 2.45) is 0 Å². The van der Waals surface area contributed by atoms with Gasteiger partial charge in [-0.15, -0.1) is 0 Å². The van der Waals surface area contributed by atoms with Crippen LogP contribution in [-0.2, 0) is 4.74 Å². The maximum Gasteiger partial charge on any atom is 0.0591 e. The van der Waals surface area contributed by atoms with E-state index in [1.807, 2.05) is 7.11 Å². The molecule has 0 spiro atoms. The molecular weight excluding hydrogens is 200 g/mol. The summed E-state index contributed by atoms with van der Waals surface area (Å²) in [5.74, 6) is 0. The molecule has 3 heteroatoms. The lowest BCUT2D eigenvalue weighted by Crippen LogP contribution is -2.36. The molecule has 2 rings (SSSR count). The number of ether oxygens (including phenoxy) is 1. The van der Waals surface area contributed by atoms with E-state index in [0.29, 0.717) is 12.1 Å². The van der Waals surface area contributed by atoms with Crippen LogP contribution in [0.4, 0.5) is 0 Å². The highest BCUT2D eigenvalue weighted by molar-refractivity contribution is 5.16. The van der Waals surface area contributed by atoms with Crippen molar-refractivity contribution in [1.29, 1.82) is 0 Å². The molecule has 2 unspecified atom stereocenters. The van der Waals surface area contributed by atoms with E-state index in [1.54, 1.807) is 0 Å². The van der Waals surface area contributed by atoms with Gasteiger partial charge in [-0.05, 0) is 51.7 Å². The zero-order chi connectivity index (χ0) is 11.5. The third kappa shape index (κ3) is 2.40. The van der Waals surface area contributed by atoms with Gasteiger partial charge in [0.2, 0.25) is 0 Å². The summed E-state index contributed by atoms with van der Waals surface area (Å²) < 4.78 is 7.65. The maximum atomic E-state index is 5.45. The predicted octanol–water partition coefficient (Wildman–Crippen LogP) is 2.61. The molecule has 1 fully saturated rings. The fourth-order valence-corrected chi connectivity index (χ4v) is 2.53. The second kappa shape index (κ2) is 4.91. The molecule has 0 amide bonds. The minimum atomic E-state index is 0.433. The second-order valence-electron chi connectivity index (χ2n) is 4.80. The molecule has 1 aliphatic carbocycles. The van der Waals surface area contributed by atoms with Gasteiger partial charge in [-0.25, -0.2) is 0 Å². The smallest absolute Gasteiger partial charge is 0.0591 e. The van der Waals surface area contributed by atoms with Gasteiger partial charge in [0, 0.05) is 24.5 Å². The average molecular weight is 222 g/mol. The number of methoxy groups -OCH3 is 1. The summed E-state index contributed by atoms with van der Waals surface area (Å²) in [6.45, 7) is 4.27. The van der Waals surface area contributed by atoms with Gasteiger partial charge >= 0.3 is 0 Å². The number of hydrogen-bond donors (Lipinski definition) is 1. The molecule has 90 valence electrons. The summed E-state index contributed by atoms with van der Waals surface area (Å²) in [5.41, 5.74) is 6.15. The molecule has 3 nitrogen and oxygen atoms in total. The fourth-order valence-electron chi connectivity index (χ4n) is 2.53. The van der Waals surface area contributed by atoms with Crippen molar-refractivity contribution in [2.75, 3.05) is 12.5 Å². The van der Waals surface area contributed by atoms with Gasteiger partial charge in [-0.2, -0.15) is 0 Å². The van der Waals surface area contributed by atoms with Crippen LogP contribution in [0.5, 0.6) is 0 Å². The molecule has 1 aromatic heterocycles. The van der Waals surface area contributed by atoms with E-state index in [1.165, 1.54) is 30.7 Å². The third-order valence-electron chi connectivity index (χ3n) is 3.54. The van der Waals surface area contributed by atoms with Crippen molar-refractivity contribution < 1.29 is 4.74 Å². The van der Waals surface area contributed by atoms with Crippen LogP contribution in [0.25, 0.3) is 0 Å². The Kier molecular flexibility index (Phi) is 3.54. The van der Waals surface area contributed by atoms with Crippen molar-refractivity contribution in [2.45, 2.75) is 51.7 Å². The lowest BCUT2D eigenvalue weighted by Gasteiger charge is -2.30. The highest BCUT2D eigenvalue weighted by Gasteiger charge is 2.22. The third-order valence-corrected chi connectivity index (χ3v) is 3.54. The zero-order valence-electron chi connectivity index (χ0n) is 10.5. The monoisotopic (exact) mass is 222 g/mol. The molecule has 0 saturated heterocycles. The Balaban J connectivity index is 1.99. The number of rotatable bonds is 3. The summed E-state index contributed by atoms with van der Waals surface area (Å²) in [4.78, 5) is 0. The highest BCUT2D eigenvalue weighted by atomic mass is 16.5. The van der Waals surface area contributed by atoms with Crippen LogP contribution in [0.15, 0.2) is 12.1 Å². The number of aromatic nitrogens is 1. The van der Waals surface area contributed by atoms with Gasteiger partial charge in [0.25, 0.3) is 0 Å². The van der Waals surface area contributed by atoms with Crippen LogP contribution >= 0.6 is 0 Å². The Morgan fingerprint density at radius 3 is 2.56 bits per heavy atom. The predicted molar refractivity (Wildman–Crippen MR) is 66.3 cm³/mol. The minimum Gasteiger partial charge on any atom is -0.381 e. The molecule has 0 bridgehead atoms. The van der Waals surface area contributed by atoms with Gasteiger partial charge < -0.3 is 10.2 Å². The van der Waals surface area contributed by atoms with Gasteiger partial charge in [0.05, 0.1) is 6.10 Å². The van der Waals surface area contributed by atoms with E-state index in [4.69, 9.17) is 4.74 Å². The quantitative estimate of drug-likeness (QED) is 0.850. The second-order valence-corrected chi connectivity index (χ2v) is 4.80. The van der Waals surface area contributed by atoms with Gasteiger partial charge in [-0.1, -0.05) is 0 Å². The van der Waals surface area contributed by atoms with E-state index in [0.717, 1.165) is 6.42 Å². The standard InChI is InChI=1S/C13H22N2O/c1-10-7-8-11(2)15(10)14-12-5-4-6-13(9-12)16-3/h7-8,12-14H,4-6,9H2,1-3H3. The fraction of sp³-hybridized carbons (Fsp3) is 0.692. The van der Waals surface area contributed by atoms with Crippen molar-refractivity contribution in [3.63, 3.8) is 0 Å². The highest BCUT2D eigenvalue weighted by Crippen LogP contribution is 2.22. The van der Waals surface area contributed by atoms with Crippen molar-refractivity contribution in [3.05, 3.63) is 23.5 Å². The first kappa shape index (κ1) is 11.5. The van der Waals surface area contributed by atoms with E-state index in [-0.39, 0.29) is 0 Å². The molecule has 1 heterocycles. The normalized spacial score (nSPS) is 25.7. The average Bonchev–Trinajstić information content (AvgIpc) is 2.61. The Hall–Kier alpha value is -0.960. The zero-order valence-corrected chi connectivity index (χ0v) is 10.5. The van der Waals surface area contributed by atoms with Crippen LogP contribution in [0, 0.1) is 13.8 Å². The van der Waals surface area contributed by atoms with E-state index >= 15 is 0 Å². The first-order valence-corrected chi connectivity index (χ1v) is 6.15. The van der Waals surface area contributed by atoms with Crippen LogP contribution < -0.4 is 5.43 Å². The van der Waals surface area contributed by atoms with Crippen LogP contribution in [0.3, 0.4) is 0 Å². The number of nitrogens with one attached hydrogen (secondary N) is 1. The van der Waals surface area contributed by atoms with Crippen molar-refractivity contribution in [3.8, 4) is 0 Å². The summed E-state index contributed by atoms with van der Waals surface area (Å²) in [7, 11) is 1.82. The van der Waals surface area contributed by atoms with Crippen molar-refractivity contribution >= 4 is 0 Å². The Morgan fingerprint density at radius 2 is 1.94 bits per heavy atom. The number of aryl methyl sites for hydroxylation is 2. The van der Waals surface area contributed by atoms with Gasteiger partial charge in [0.15, 0.2) is 0 Å². The summed E-state index contributed by atoms with van der Waals surface area (Å²) >= 11 is 0. The molecule has 1 N–H and O–H groups in total. The topological polar surface area (TPSA) is 26.2 Å². The Morgan fingerprint density at radius 1 is 1.25 bits per heavy atom. The Labute approximate surface area is 97.8 Å². The van der Waals surface area contributed by atoms with Crippen LogP contribution in [0.2, 0.25) is 0 Å². The van der Waals surface area contributed by atoms with Gasteiger partial charge in [-0.3, -0.25) is 4.68 Å². The van der Waals surface area contributed by atoms with Gasteiger partial charge in [0.1, 0.15) is 0 Å². The maximum absolute atomic E-state index is 5.45. The van der Waals surface area contributed by atoms with E-state index in [9.17, 15) is 0 Å². The SMILES string of the molecule is COC1CCCC(Nn2c(C)ccc2C)C1. The summed E-state index contributed by atoms with van der Waals surface area (Å²) in [5, 5.41) is 0. The van der Waals surface area contributed by atoms with Crippen molar-refractivity contribution in [1.82, 2.24) is 4.68 Å². The molecule has 2 atom stereocenters. The molecule has 16 heavy (non-hydrogen) atoms. The molecule has 1 saturated carbocycles. The van der Waals surface area contributed by atoms with E-state index < -0.39 is 0 Å². The molecule has 0 radical (unpaired) electrons. The minimum absolute atomic E-state index is 0.433.